The Morgan fingerprint density at radius 2 is 1.24 bits per heavy atom. The van der Waals surface area contributed by atoms with Crippen molar-refractivity contribution in [2.24, 2.45) is 0 Å². The van der Waals surface area contributed by atoms with Crippen molar-refractivity contribution in [2.75, 3.05) is 6.61 Å². The molecular weight excluding hydrogens is 320 g/mol. The van der Waals surface area contributed by atoms with Crippen LogP contribution in [-0.4, -0.2) is 21.4 Å². The first kappa shape index (κ1) is 23.2. The van der Waals surface area contributed by atoms with Crippen LogP contribution < -0.4 is 0 Å². The Balaban J connectivity index is 2.09. The van der Waals surface area contributed by atoms with E-state index in [0.29, 0.717) is 5.22 Å². The Kier molecular flexibility index (Phi) is 15.2. The fraction of sp³-hybridized carbons (Fsp3) is 1.00. The molecule has 0 aromatic heterocycles. The van der Waals surface area contributed by atoms with Crippen LogP contribution in [0.5, 0.6) is 0 Å². The molecule has 25 heavy (non-hydrogen) atoms. The van der Waals surface area contributed by atoms with E-state index in [2.05, 4.69) is 13.8 Å². The molecule has 0 saturated carbocycles. The normalized spacial score (nSPS) is 21.4. The predicted octanol–water partition coefficient (Wildman–Crippen LogP) is 7.36. The van der Waals surface area contributed by atoms with E-state index in [9.17, 15) is 0 Å². The molecule has 1 saturated heterocycles. The van der Waals surface area contributed by atoms with E-state index in [0.717, 1.165) is 6.61 Å². The molecule has 1 rings (SSSR count). The van der Waals surface area contributed by atoms with Crippen molar-refractivity contribution in [3.8, 4) is 0 Å². The van der Waals surface area contributed by atoms with Gasteiger partial charge in [-0.05, 0) is 25.7 Å². The van der Waals surface area contributed by atoms with Crippen LogP contribution in [0.1, 0.15) is 129 Å². The molecule has 0 N–H and O–H groups in total. The summed E-state index contributed by atoms with van der Waals surface area (Å²) < 4.78 is 6.43. The SMILES string of the molecule is CCCCCCCCCC[SiH2]C1(CCCCCCCC)CCCCO1. The Hall–Kier alpha value is 0.177. The molecule has 1 unspecified atom stereocenters. The highest BCUT2D eigenvalue weighted by molar-refractivity contribution is 6.39. The van der Waals surface area contributed by atoms with Gasteiger partial charge in [-0.1, -0.05) is 110 Å². The van der Waals surface area contributed by atoms with Crippen molar-refractivity contribution >= 4 is 9.52 Å². The van der Waals surface area contributed by atoms with Gasteiger partial charge in [0, 0.05) is 6.61 Å². The lowest BCUT2D eigenvalue weighted by Gasteiger charge is -2.38. The van der Waals surface area contributed by atoms with Crippen molar-refractivity contribution in [3.05, 3.63) is 0 Å². The molecule has 0 aromatic carbocycles. The van der Waals surface area contributed by atoms with Crippen molar-refractivity contribution in [2.45, 2.75) is 141 Å². The average Bonchev–Trinajstić information content (AvgIpc) is 2.64. The van der Waals surface area contributed by atoms with E-state index >= 15 is 0 Å². The van der Waals surface area contributed by atoms with E-state index in [-0.39, 0.29) is 9.52 Å². The molecule has 1 nitrogen and oxygen atoms in total. The molecule has 2 heteroatoms. The summed E-state index contributed by atoms with van der Waals surface area (Å²) in [6, 6.07) is 1.53. The predicted molar refractivity (Wildman–Crippen MR) is 116 cm³/mol. The molecule has 0 amide bonds. The molecule has 0 radical (unpaired) electrons. The van der Waals surface area contributed by atoms with Crippen LogP contribution in [-0.2, 0) is 4.74 Å². The van der Waals surface area contributed by atoms with Crippen LogP contribution in [0, 0.1) is 0 Å². The molecule has 1 aliphatic rings. The van der Waals surface area contributed by atoms with Gasteiger partial charge in [-0.25, -0.2) is 0 Å². The topological polar surface area (TPSA) is 9.23 Å². The lowest BCUT2D eigenvalue weighted by Crippen LogP contribution is -2.42. The number of ether oxygens (including phenoxy) is 1. The Labute approximate surface area is 161 Å². The summed E-state index contributed by atoms with van der Waals surface area (Å²) in [5, 5.41) is 0.407. The van der Waals surface area contributed by atoms with Crippen LogP contribution in [0.15, 0.2) is 0 Å². The Bertz CT molecular complexity index is 273. The Morgan fingerprint density at radius 1 is 0.680 bits per heavy atom. The molecule has 1 fully saturated rings. The fourth-order valence-electron chi connectivity index (χ4n) is 4.41. The first-order valence-corrected chi connectivity index (χ1v) is 13.7. The highest BCUT2D eigenvalue weighted by Crippen LogP contribution is 2.31. The molecule has 0 spiro atoms. The fourth-order valence-corrected chi connectivity index (χ4v) is 6.95. The third-order valence-corrected chi connectivity index (χ3v) is 8.83. The second kappa shape index (κ2) is 16.4. The lowest BCUT2D eigenvalue weighted by atomic mass is 10.0. The molecule has 0 bridgehead atoms. The number of unbranched alkanes of at least 4 members (excludes halogenated alkanes) is 12. The van der Waals surface area contributed by atoms with E-state index < -0.39 is 0 Å². The van der Waals surface area contributed by atoms with Crippen molar-refractivity contribution in [1.82, 2.24) is 0 Å². The van der Waals surface area contributed by atoms with E-state index in [4.69, 9.17) is 4.74 Å². The zero-order valence-electron chi connectivity index (χ0n) is 17.8. The maximum atomic E-state index is 6.43. The molecule has 150 valence electrons. The highest BCUT2D eigenvalue weighted by atomic mass is 28.2. The van der Waals surface area contributed by atoms with Gasteiger partial charge in [-0.15, -0.1) is 0 Å². The molecule has 1 heterocycles. The quantitative estimate of drug-likeness (QED) is 0.192. The molecule has 0 aliphatic carbocycles. The van der Waals surface area contributed by atoms with Gasteiger partial charge in [0.15, 0.2) is 0 Å². The van der Waals surface area contributed by atoms with E-state index in [1.807, 2.05) is 0 Å². The van der Waals surface area contributed by atoms with Gasteiger partial charge in [0.2, 0.25) is 0 Å². The summed E-state index contributed by atoms with van der Waals surface area (Å²) in [4.78, 5) is 0. The highest BCUT2D eigenvalue weighted by Gasteiger charge is 2.32. The summed E-state index contributed by atoms with van der Waals surface area (Å²) in [7, 11) is -0.0550. The Morgan fingerprint density at radius 3 is 1.80 bits per heavy atom. The first-order chi connectivity index (χ1) is 12.3. The third kappa shape index (κ3) is 12.2. The third-order valence-electron chi connectivity index (χ3n) is 6.16. The van der Waals surface area contributed by atoms with Crippen molar-refractivity contribution in [3.63, 3.8) is 0 Å². The standard InChI is InChI=1S/C23H48OSi/c1-3-5-7-9-11-12-14-18-22-25-23(20-16-17-21-24-23)19-15-13-10-8-6-4-2/h3-22,25H2,1-2H3. The summed E-state index contributed by atoms with van der Waals surface area (Å²) in [5.74, 6) is 0. The number of hydrogen-bond donors (Lipinski definition) is 0. The minimum absolute atomic E-state index is 0.0550. The van der Waals surface area contributed by atoms with Crippen LogP contribution in [0.25, 0.3) is 0 Å². The lowest BCUT2D eigenvalue weighted by molar-refractivity contribution is -0.0270. The van der Waals surface area contributed by atoms with Crippen LogP contribution in [0.2, 0.25) is 6.04 Å². The maximum absolute atomic E-state index is 6.43. The van der Waals surface area contributed by atoms with Crippen molar-refractivity contribution in [1.29, 1.82) is 0 Å². The van der Waals surface area contributed by atoms with Crippen LogP contribution in [0.3, 0.4) is 0 Å². The molecule has 1 atom stereocenters. The molecule has 0 aromatic rings. The monoisotopic (exact) mass is 368 g/mol. The van der Waals surface area contributed by atoms with Gasteiger partial charge in [0.25, 0.3) is 0 Å². The van der Waals surface area contributed by atoms with Gasteiger partial charge in [-0.3, -0.25) is 0 Å². The van der Waals surface area contributed by atoms with E-state index in [1.165, 1.54) is 122 Å². The maximum Gasteiger partial charge on any atom is 0.0595 e. The van der Waals surface area contributed by atoms with Gasteiger partial charge in [-0.2, -0.15) is 0 Å². The van der Waals surface area contributed by atoms with Gasteiger partial charge in [0.05, 0.1) is 14.7 Å². The average molecular weight is 369 g/mol. The van der Waals surface area contributed by atoms with Crippen molar-refractivity contribution < 1.29 is 4.74 Å². The smallest absolute Gasteiger partial charge is 0.0595 e. The molecular formula is C23H48OSi. The van der Waals surface area contributed by atoms with Gasteiger partial charge in [0.1, 0.15) is 0 Å². The summed E-state index contributed by atoms with van der Waals surface area (Å²) in [5.41, 5.74) is 0. The van der Waals surface area contributed by atoms with Gasteiger partial charge >= 0.3 is 0 Å². The second-order valence-corrected chi connectivity index (χ2v) is 11.1. The first-order valence-electron chi connectivity index (χ1n) is 12.0. The van der Waals surface area contributed by atoms with Gasteiger partial charge < -0.3 is 4.74 Å². The van der Waals surface area contributed by atoms with Crippen LogP contribution >= 0.6 is 0 Å². The number of rotatable bonds is 17. The van der Waals surface area contributed by atoms with E-state index in [1.54, 1.807) is 0 Å². The minimum Gasteiger partial charge on any atom is -0.379 e. The summed E-state index contributed by atoms with van der Waals surface area (Å²) in [6.45, 7) is 5.67. The number of hydrogen-bond acceptors (Lipinski definition) is 1. The zero-order chi connectivity index (χ0) is 18.1. The largest absolute Gasteiger partial charge is 0.379 e. The molecule has 1 aliphatic heterocycles. The zero-order valence-corrected chi connectivity index (χ0v) is 19.2. The summed E-state index contributed by atoms with van der Waals surface area (Å²) >= 11 is 0. The minimum atomic E-state index is -0.0550. The second-order valence-electron chi connectivity index (χ2n) is 8.58. The van der Waals surface area contributed by atoms with Crippen LogP contribution in [0.4, 0.5) is 0 Å². The summed E-state index contributed by atoms with van der Waals surface area (Å²) in [6.07, 6.45) is 25.7.